The Morgan fingerprint density at radius 1 is 0.857 bits per heavy atom. The summed E-state index contributed by atoms with van der Waals surface area (Å²) in [6, 6.07) is 38.7. The highest BCUT2D eigenvalue weighted by atomic mass is 19.4. The van der Waals surface area contributed by atoms with E-state index in [2.05, 4.69) is 124 Å². The molecular weight excluding hydrogens is 631 g/mol. The van der Waals surface area contributed by atoms with E-state index in [9.17, 15) is 18.0 Å². The number of nitrogens with zero attached hydrogens (tertiary/aromatic N) is 2. The van der Waals surface area contributed by atoms with Crippen molar-refractivity contribution < 1.29 is 32.6 Å². The Kier molecular flexibility index (Phi) is 14.4. The van der Waals surface area contributed by atoms with Gasteiger partial charge in [-0.05, 0) is 65.3 Å². The molecule has 0 aromatic heterocycles. The van der Waals surface area contributed by atoms with Crippen molar-refractivity contribution in [3.8, 4) is 11.1 Å². The molecular formula is C39H44F3N3O4. The zero-order chi connectivity index (χ0) is 35.1. The molecule has 1 heterocycles. The Morgan fingerprint density at radius 2 is 1.45 bits per heavy atom. The van der Waals surface area contributed by atoms with Crippen molar-refractivity contribution in [2.75, 3.05) is 33.4 Å². The lowest BCUT2D eigenvalue weighted by Crippen LogP contribution is -2.47. The third kappa shape index (κ3) is 12.2. The van der Waals surface area contributed by atoms with Gasteiger partial charge in [-0.2, -0.15) is 13.2 Å². The van der Waals surface area contributed by atoms with Gasteiger partial charge in [-0.25, -0.2) is 4.79 Å². The third-order valence-electron chi connectivity index (χ3n) is 8.44. The number of hydrogen-bond donors (Lipinski definition) is 2. The number of methoxy groups -OCH3 is 1. The highest BCUT2D eigenvalue weighted by molar-refractivity contribution is 5.78. The van der Waals surface area contributed by atoms with E-state index in [0.717, 1.165) is 52.0 Å². The number of nitrogens with one attached hydrogen (secondary N) is 1. The van der Waals surface area contributed by atoms with Gasteiger partial charge >= 0.3 is 12.1 Å². The van der Waals surface area contributed by atoms with Crippen molar-refractivity contribution in [1.29, 1.82) is 0 Å². The average molecular weight is 676 g/mol. The maximum atomic E-state index is 13.3. The number of amides is 1. The topological polar surface area (TPSA) is 82.1 Å². The Balaban J connectivity index is 0.000000698. The molecule has 4 aromatic carbocycles. The molecule has 2 N–H and O–H groups in total. The van der Waals surface area contributed by atoms with Crippen LogP contribution in [0, 0.1) is 0 Å². The van der Waals surface area contributed by atoms with Crippen molar-refractivity contribution in [3.05, 3.63) is 131 Å². The first-order chi connectivity index (χ1) is 23.6. The number of likely N-dealkylation sites (tertiary alicyclic amines) is 1. The van der Waals surface area contributed by atoms with Crippen molar-refractivity contribution >= 4 is 11.9 Å². The van der Waals surface area contributed by atoms with Gasteiger partial charge in [0.05, 0.1) is 0 Å². The minimum absolute atomic E-state index is 0.0604. The van der Waals surface area contributed by atoms with Crippen molar-refractivity contribution in [2.24, 2.45) is 0 Å². The molecule has 1 aliphatic rings. The first-order valence-corrected chi connectivity index (χ1v) is 16.4. The van der Waals surface area contributed by atoms with E-state index in [1.54, 1.807) is 7.11 Å². The van der Waals surface area contributed by atoms with E-state index in [1.165, 1.54) is 33.4 Å². The molecule has 0 saturated carbocycles. The van der Waals surface area contributed by atoms with Crippen LogP contribution in [0.15, 0.2) is 109 Å². The highest BCUT2D eigenvalue weighted by Gasteiger charge is 2.38. The average Bonchev–Trinajstić information content (AvgIpc) is 3.11. The van der Waals surface area contributed by atoms with Crippen molar-refractivity contribution in [2.45, 2.75) is 51.1 Å². The van der Waals surface area contributed by atoms with Crippen LogP contribution < -0.4 is 5.32 Å². The molecule has 10 heteroatoms. The van der Waals surface area contributed by atoms with Gasteiger partial charge in [0.25, 0.3) is 0 Å². The van der Waals surface area contributed by atoms with Gasteiger partial charge in [0.15, 0.2) is 0 Å². The van der Waals surface area contributed by atoms with Crippen LogP contribution >= 0.6 is 0 Å². The van der Waals surface area contributed by atoms with Crippen molar-refractivity contribution in [3.63, 3.8) is 0 Å². The highest BCUT2D eigenvalue weighted by Crippen LogP contribution is 2.28. The lowest BCUT2D eigenvalue weighted by Gasteiger charge is -2.39. The summed E-state index contributed by atoms with van der Waals surface area (Å²) in [5.41, 5.74) is 7.48. The van der Waals surface area contributed by atoms with Crippen LogP contribution in [0.4, 0.5) is 13.2 Å². The third-order valence-corrected chi connectivity index (χ3v) is 8.44. The van der Waals surface area contributed by atoms with Crippen LogP contribution in [0.2, 0.25) is 0 Å². The lowest BCUT2D eigenvalue weighted by atomic mass is 9.96. The fourth-order valence-corrected chi connectivity index (χ4v) is 5.94. The number of carboxylic acid groups (broad SMARTS) is 1. The predicted molar refractivity (Wildman–Crippen MR) is 185 cm³/mol. The fraction of sp³-hybridized carbons (Fsp3) is 0.333. The summed E-state index contributed by atoms with van der Waals surface area (Å²) in [5.74, 6) is -2.70. The lowest BCUT2D eigenvalue weighted by molar-refractivity contribution is -0.192. The molecule has 1 aliphatic heterocycles. The number of benzene rings is 4. The minimum Gasteiger partial charge on any atom is -0.475 e. The summed E-state index contributed by atoms with van der Waals surface area (Å²) >= 11 is 0. The van der Waals surface area contributed by atoms with E-state index < -0.39 is 12.1 Å². The van der Waals surface area contributed by atoms with E-state index in [4.69, 9.17) is 14.6 Å². The smallest absolute Gasteiger partial charge is 0.475 e. The predicted octanol–water partition coefficient (Wildman–Crippen LogP) is 6.96. The van der Waals surface area contributed by atoms with Crippen LogP contribution in [0.1, 0.15) is 35.1 Å². The van der Waals surface area contributed by atoms with E-state index in [1.807, 2.05) is 0 Å². The molecule has 1 saturated heterocycles. The largest absolute Gasteiger partial charge is 0.490 e. The second-order valence-corrected chi connectivity index (χ2v) is 12.0. The van der Waals surface area contributed by atoms with Crippen LogP contribution in [0.3, 0.4) is 0 Å². The van der Waals surface area contributed by atoms with Gasteiger partial charge < -0.3 is 20.1 Å². The van der Waals surface area contributed by atoms with Crippen LogP contribution in [0.25, 0.3) is 11.1 Å². The van der Waals surface area contributed by atoms with Crippen molar-refractivity contribution in [1.82, 2.24) is 15.1 Å². The van der Waals surface area contributed by atoms with E-state index >= 15 is 0 Å². The Bertz CT molecular complexity index is 1590. The summed E-state index contributed by atoms with van der Waals surface area (Å²) in [5, 5.41) is 10.7. The Morgan fingerprint density at radius 3 is 2.08 bits per heavy atom. The zero-order valence-electron chi connectivity index (χ0n) is 27.7. The standard InChI is InChI=1S/C37H43N3O2.C2HF3O2/c1-42-29-37(41)40(35-20-23-39(24-21-35)27-31-13-6-3-7-14-31)28-34-16-8-9-18-36(34)33-17-10-15-32(25-33)26-38-22-19-30-11-4-2-5-12-30;3-2(4,5)1(6)7/h2-18,25,35,38H,19-24,26-29H2,1H3;(H,6,7). The number of carbonyl (C=O) groups excluding carboxylic acids is 1. The molecule has 260 valence electrons. The molecule has 7 nitrogen and oxygen atoms in total. The SMILES string of the molecule is COCC(=O)N(Cc1ccccc1-c1cccc(CNCCc2ccccc2)c1)C1CCN(Cc2ccccc2)CC1.O=C(O)C(F)(F)F. The summed E-state index contributed by atoms with van der Waals surface area (Å²) in [6.45, 7) is 5.38. The van der Waals surface area contributed by atoms with E-state index in [0.29, 0.717) is 6.54 Å². The van der Waals surface area contributed by atoms with Gasteiger partial charge in [-0.15, -0.1) is 0 Å². The molecule has 0 spiro atoms. The zero-order valence-corrected chi connectivity index (χ0v) is 27.7. The van der Waals surface area contributed by atoms with Gasteiger partial charge in [-0.1, -0.05) is 103 Å². The van der Waals surface area contributed by atoms with E-state index in [-0.39, 0.29) is 18.6 Å². The Labute approximate surface area is 286 Å². The quantitative estimate of drug-likeness (QED) is 0.149. The summed E-state index contributed by atoms with van der Waals surface area (Å²) in [6.07, 6.45) is -2.14. The summed E-state index contributed by atoms with van der Waals surface area (Å²) in [4.78, 5) is 26.8. The number of alkyl halides is 3. The number of aliphatic carboxylic acids is 1. The molecule has 0 unspecified atom stereocenters. The fourth-order valence-electron chi connectivity index (χ4n) is 5.94. The van der Waals surface area contributed by atoms with Crippen LogP contribution in [-0.4, -0.2) is 72.4 Å². The molecule has 1 fully saturated rings. The summed E-state index contributed by atoms with van der Waals surface area (Å²) < 4.78 is 37.0. The first kappa shape index (κ1) is 37.3. The second-order valence-electron chi connectivity index (χ2n) is 12.0. The molecule has 1 amide bonds. The maximum Gasteiger partial charge on any atom is 0.490 e. The van der Waals surface area contributed by atoms with Crippen LogP contribution in [-0.2, 0) is 40.4 Å². The Hall–Kier alpha value is -4.51. The number of rotatable bonds is 13. The molecule has 0 radical (unpaired) electrons. The van der Waals surface area contributed by atoms with Gasteiger partial charge in [-0.3, -0.25) is 9.69 Å². The normalized spacial score (nSPS) is 13.7. The molecule has 49 heavy (non-hydrogen) atoms. The summed E-state index contributed by atoms with van der Waals surface area (Å²) in [7, 11) is 1.60. The molecule has 0 atom stereocenters. The van der Waals surface area contributed by atoms with Gasteiger partial charge in [0.1, 0.15) is 6.61 Å². The molecule has 0 bridgehead atoms. The number of piperidine rings is 1. The van der Waals surface area contributed by atoms with Crippen LogP contribution in [0.5, 0.6) is 0 Å². The number of carbonyl (C=O) groups is 2. The minimum atomic E-state index is -5.08. The maximum absolute atomic E-state index is 13.3. The number of ether oxygens (including phenoxy) is 1. The first-order valence-electron chi connectivity index (χ1n) is 16.4. The van der Waals surface area contributed by atoms with Gasteiger partial charge in [0, 0.05) is 45.9 Å². The molecule has 0 aliphatic carbocycles. The number of hydrogen-bond acceptors (Lipinski definition) is 5. The monoisotopic (exact) mass is 675 g/mol. The molecule has 4 aromatic rings. The second kappa shape index (κ2) is 18.9. The van der Waals surface area contributed by atoms with Gasteiger partial charge in [0.2, 0.25) is 5.91 Å². The number of carboxylic acids is 1. The molecule has 5 rings (SSSR count). The number of halogens is 3.